The van der Waals surface area contributed by atoms with Gasteiger partial charge in [0, 0.05) is 17.6 Å². The molecule has 1 N–H and O–H groups in total. The zero-order valence-corrected chi connectivity index (χ0v) is 12.4. The number of rotatable bonds is 3. The molecule has 3 heteroatoms. The zero-order chi connectivity index (χ0) is 14.7. The highest BCUT2D eigenvalue weighted by atomic mass is 16.1. The predicted molar refractivity (Wildman–Crippen MR) is 82.0 cm³/mol. The molecule has 0 saturated carbocycles. The third-order valence-corrected chi connectivity index (χ3v) is 3.36. The number of nitrogens with one attached hydrogen (secondary N) is 1. The lowest BCUT2D eigenvalue weighted by Crippen LogP contribution is -2.16. The van der Waals surface area contributed by atoms with Gasteiger partial charge in [0.25, 0.3) is 0 Å². The number of aromatic nitrogens is 1. The molecule has 1 amide bonds. The van der Waals surface area contributed by atoms with Crippen molar-refractivity contribution in [3.8, 4) is 0 Å². The summed E-state index contributed by atoms with van der Waals surface area (Å²) in [6.45, 7) is 8.09. The Labute approximate surface area is 120 Å². The maximum absolute atomic E-state index is 12.2. The minimum atomic E-state index is 0.00523. The van der Waals surface area contributed by atoms with E-state index in [-0.39, 0.29) is 5.91 Å². The Morgan fingerprint density at radius 1 is 1.10 bits per heavy atom. The number of hydrogen-bond donors (Lipinski definition) is 1. The van der Waals surface area contributed by atoms with E-state index in [1.165, 1.54) is 16.7 Å². The Hall–Kier alpha value is -2.16. The maximum atomic E-state index is 12.2. The normalized spacial score (nSPS) is 10.4. The zero-order valence-electron chi connectivity index (χ0n) is 12.4. The first-order chi connectivity index (χ1) is 9.45. The first kappa shape index (κ1) is 14.3. The standard InChI is InChI=1S/C17H20N2O/c1-11-7-12(2)16(13(3)8-11)10-17(20)19-15-5-6-18-14(4)9-15/h5-9H,10H2,1-4H3,(H,18,19,20). The highest BCUT2D eigenvalue weighted by molar-refractivity contribution is 5.92. The molecule has 3 nitrogen and oxygen atoms in total. The lowest BCUT2D eigenvalue weighted by molar-refractivity contribution is -0.115. The van der Waals surface area contributed by atoms with Crippen molar-refractivity contribution in [2.45, 2.75) is 34.1 Å². The molecule has 104 valence electrons. The van der Waals surface area contributed by atoms with Crippen LogP contribution in [0.3, 0.4) is 0 Å². The van der Waals surface area contributed by atoms with Crippen LogP contribution in [0.15, 0.2) is 30.5 Å². The second-order valence-electron chi connectivity index (χ2n) is 5.29. The minimum Gasteiger partial charge on any atom is -0.326 e. The van der Waals surface area contributed by atoms with Crippen LogP contribution in [0.2, 0.25) is 0 Å². The van der Waals surface area contributed by atoms with Gasteiger partial charge in [-0.2, -0.15) is 0 Å². The third-order valence-electron chi connectivity index (χ3n) is 3.36. The van der Waals surface area contributed by atoms with Crippen molar-refractivity contribution < 1.29 is 4.79 Å². The monoisotopic (exact) mass is 268 g/mol. The summed E-state index contributed by atoms with van der Waals surface area (Å²) in [5.41, 5.74) is 6.37. The Balaban J connectivity index is 2.13. The summed E-state index contributed by atoms with van der Waals surface area (Å²) in [6.07, 6.45) is 2.10. The number of nitrogens with zero attached hydrogens (tertiary/aromatic N) is 1. The molecule has 0 atom stereocenters. The van der Waals surface area contributed by atoms with Crippen molar-refractivity contribution in [3.63, 3.8) is 0 Å². The van der Waals surface area contributed by atoms with Gasteiger partial charge in [0.2, 0.25) is 5.91 Å². The summed E-state index contributed by atoms with van der Waals surface area (Å²) >= 11 is 0. The van der Waals surface area contributed by atoms with E-state index in [4.69, 9.17) is 0 Å². The molecule has 0 fully saturated rings. The van der Waals surface area contributed by atoms with Crippen LogP contribution in [0.1, 0.15) is 27.9 Å². The number of carbonyl (C=O) groups is 1. The molecule has 0 aliphatic heterocycles. The molecule has 2 aromatic rings. The van der Waals surface area contributed by atoms with Gasteiger partial charge in [0.1, 0.15) is 0 Å². The third kappa shape index (κ3) is 3.44. The lowest BCUT2D eigenvalue weighted by Gasteiger charge is -2.11. The van der Waals surface area contributed by atoms with Gasteiger partial charge in [0.05, 0.1) is 6.42 Å². The summed E-state index contributed by atoms with van der Waals surface area (Å²) < 4.78 is 0. The number of hydrogen-bond acceptors (Lipinski definition) is 2. The van der Waals surface area contributed by atoms with Crippen molar-refractivity contribution in [2.24, 2.45) is 0 Å². The smallest absolute Gasteiger partial charge is 0.228 e. The van der Waals surface area contributed by atoms with E-state index in [2.05, 4.69) is 43.2 Å². The first-order valence-electron chi connectivity index (χ1n) is 6.75. The highest BCUT2D eigenvalue weighted by Gasteiger charge is 2.09. The average Bonchev–Trinajstić information content (AvgIpc) is 2.33. The first-order valence-corrected chi connectivity index (χ1v) is 6.75. The minimum absolute atomic E-state index is 0.00523. The second kappa shape index (κ2) is 5.87. The number of anilines is 1. The molecule has 0 saturated heterocycles. The van der Waals surface area contributed by atoms with Crippen LogP contribution in [0.5, 0.6) is 0 Å². The van der Waals surface area contributed by atoms with E-state index in [0.717, 1.165) is 16.9 Å². The van der Waals surface area contributed by atoms with Crippen molar-refractivity contribution in [3.05, 3.63) is 58.4 Å². The molecule has 1 aromatic carbocycles. The SMILES string of the molecule is Cc1cc(C)c(CC(=O)Nc2ccnc(C)c2)c(C)c1. The van der Waals surface area contributed by atoms with E-state index in [0.29, 0.717) is 6.42 Å². The molecule has 20 heavy (non-hydrogen) atoms. The molecule has 0 spiro atoms. The summed E-state index contributed by atoms with van der Waals surface area (Å²) in [5.74, 6) is 0.00523. The fourth-order valence-corrected chi connectivity index (χ4v) is 2.48. The maximum Gasteiger partial charge on any atom is 0.228 e. The Morgan fingerprint density at radius 2 is 1.75 bits per heavy atom. The largest absolute Gasteiger partial charge is 0.326 e. The number of pyridine rings is 1. The van der Waals surface area contributed by atoms with Crippen LogP contribution in [0.4, 0.5) is 5.69 Å². The van der Waals surface area contributed by atoms with Gasteiger partial charge in [-0.25, -0.2) is 0 Å². The quantitative estimate of drug-likeness (QED) is 0.925. The molecular formula is C17H20N2O. The average molecular weight is 268 g/mol. The molecule has 0 aliphatic carbocycles. The summed E-state index contributed by atoms with van der Waals surface area (Å²) in [4.78, 5) is 16.3. The van der Waals surface area contributed by atoms with Crippen molar-refractivity contribution in [1.29, 1.82) is 0 Å². The Morgan fingerprint density at radius 3 is 2.35 bits per heavy atom. The van der Waals surface area contributed by atoms with Gasteiger partial charge < -0.3 is 5.32 Å². The molecule has 2 rings (SSSR count). The lowest BCUT2D eigenvalue weighted by atomic mass is 9.97. The molecule has 1 heterocycles. The van der Waals surface area contributed by atoms with Crippen LogP contribution >= 0.6 is 0 Å². The van der Waals surface area contributed by atoms with Gasteiger partial charge in [-0.3, -0.25) is 9.78 Å². The van der Waals surface area contributed by atoms with E-state index in [1.807, 2.05) is 13.0 Å². The molecule has 0 aliphatic rings. The van der Waals surface area contributed by atoms with E-state index >= 15 is 0 Å². The molecule has 0 radical (unpaired) electrons. The van der Waals surface area contributed by atoms with Crippen LogP contribution in [-0.2, 0) is 11.2 Å². The van der Waals surface area contributed by atoms with Crippen molar-refractivity contribution >= 4 is 11.6 Å². The number of amides is 1. The van der Waals surface area contributed by atoms with Gasteiger partial charge in [-0.05, 0) is 56.5 Å². The predicted octanol–water partition coefficient (Wildman–Crippen LogP) is 3.50. The summed E-state index contributed by atoms with van der Waals surface area (Å²) in [7, 11) is 0. The number of aryl methyl sites for hydroxylation is 4. The summed E-state index contributed by atoms with van der Waals surface area (Å²) in [5, 5.41) is 2.92. The fraction of sp³-hybridized carbons (Fsp3) is 0.294. The molecule has 0 bridgehead atoms. The van der Waals surface area contributed by atoms with Crippen molar-refractivity contribution in [1.82, 2.24) is 4.98 Å². The molecule has 1 aromatic heterocycles. The highest BCUT2D eigenvalue weighted by Crippen LogP contribution is 2.17. The van der Waals surface area contributed by atoms with E-state index in [9.17, 15) is 4.79 Å². The van der Waals surface area contributed by atoms with Gasteiger partial charge in [-0.1, -0.05) is 17.7 Å². The van der Waals surface area contributed by atoms with Gasteiger partial charge >= 0.3 is 0 Å². The van der Waals surface area contributed by atoms with Gasteiger partial charge in [0.15, 0.2) is 0 Å². The Bertz CT molecular complexity index is 624. The topological polar surface area (TPSA) is 42.0 Å². The Kier molecular flexibility index (Phi) is 4.18. The number of benzene rings is 1. The van der Waals surface area contributed by atoms with Crippen LogP contribution in [0.25, 0.3) is 0 Å². The van der Waals surface area contributed by atoms with Crippen LogP contribution in [-0.4, -0.2) is 10.9 Å². The van der Waals surface area contributed by atoms with Gasteiger partial charge in [-0.15, -0.1) is 0 Å². The number of carbonyl (C=O) groups excluding carboxylic acids is 1. The van der Waals surface area contributed by atoms with Crippen LogP contribution < -0.4 is 5.32 Å². The van der Waals surface area contributed by atoms with E-state index in [1.54, 1.807) is 12.3 Å². The van der Waals surface area contributed by atoms with E-state index < -0.39 is 0 Å². The molecule has 0 unspecified atom stereocenters. The van der Waals surface area contributed by atoms with Crippen LogP contribution in [0, 0.1) is 27.7 Å². The van der Waals surface area contributed by atoms with Crippen molar-refractivity contribution in [2.75, 3.05) is 5.32 Å². The fourth-order valence-electron chi connectivity index (χ4n) is 2.48. The summed E-state index contributed by atoms with van der Waals surface area (Å²) in [6, 6.07) is 7.91. The second-order valence-corrected chi connectivity index (χ2v) is 5.29. The molecular weight excluding hydrogens is 248 g/mol.